The van der Waals surface area contributed by atoms with E-state index >= 15 is 0 Å². The van der Waals surface area contributed by atoms with Gasteiger partial charge in [0.2, 0.25) is 0 Å². The zero-order valence-electron chi connectivity index (χ0n) is 12.8. The second-order valence-corrected chi connectivity index (χ2v) is 5.66. The number of aryl methyl sites for hydroxylation is 1. The first kappa shape index (κ1) is 14.3. The number of pyridine rings is 1. The number of nitrogen functional groups attached to an aromatic ring is 1. The first-order valence-electron chi connectivity index (χ1n) is 7.39. The minimum absolute atomic E-state index is 0.232. The van der Waals surface area contributed by atoms with Crippen molar-refractivity contribution in [2.45, 2.75) is 6.92 Å². The van der Waals surface area contributed by atoms with Crippen LogP contribution in [0.4, 0.5) is 10.2 Å². The summed E-state index contributed by atoms with van der Waals surface area (Å²) in [6, 6.07) is 13.0. The van der Waals surface area contributed by atoms with Crippen molar-refractivity contribution in [1.29, 1.82) is 0 Å². The lowest BCUT2D eigenvalue weighted by Crippen LogP contribution is -2.14. The number of benzene rings is 2. The van der Waals surface area contributed by atoms with Crippen LogP contribution in [0.1, 0.15) is 15.9 Å². The number of hydrogen-bond acceptors (Lipinski definition) is 4. The standard InChI is InChI=1S/C18H13FN4O/c1-10-2-3-12-9-14-16(20)22-23(17(14)21-15(12)8-10)18(24)11-4-6-13(19)7-5-11/h2-9H,1H3,(H2,20,22). The molecule has 4 aromatic rings. The van der Waals surface area contributed by atoms with Gasteiger partial charge >= 0.3 is 0 Å². The molecule has 0 aliphatic heterocycles. The smallest absolute Gasteiger partial charge is 0.280 e. The minimum Gasteiger partial charge on any atom is -0.382 e. The van der Waals surface area contributed by atoms with Gasteiger partial charge in [0.05, 0.1) is 10.9 Å². The molecule has 0 atom stereocenters. The highest BCUT2D eigenvalue weighted by Crippen LogP contribution is 2.25. The lowest BCUT2D eigenvalue weighted by molar-refractivity contribution is 0.0950. The van der Waals surface area contributed by atoms with E-state index in [0.717, 1.165) is 16.5 Å². The predicted octanol–water partition coefficient (Wildman–Crippen LogP) is 3.30. The molecular weight excluding hydrogens is 307 g/mol. The summed E-state index contributed by atoms with van der Waals surface area (Å²) in [6.07, 6.45) is 0. The maximum absolute atomic E-state index is 13.1. The Hall–Kier alpha value is -3.28. The molecule has 2 N–H and O–H groups in total. The number of fused-ring (bicyclic) bond motifs is 2. The lowest BCUT2D eigenvalue weighted by Gasteiger charge is -2.03. The average molecular weight is 320 g/mol. The van der Waals surface area contributed by atoms with E-state index in [-0.39, 0.29) is 5.82 Å². The van der Waals surface area contributed by atoms with Crippen LogP contribution in [0.3, 0.4) is 0 Å². The molecule has 0 saturated carbocycles. The Morgan fingerprint density at radius 1 is 1.12 bits per heavy atom. The van der Waals surface area contributed by atoms with E-state index in [1.165, 1.54) is 28.9 Å². The fourth-order valence-corrected chi connectivity index (χ4v) is 2.68. The van der Waals surface area contributed by atoms with Crippen molar-refractivity contribution in [3.05, 3.63) is 65.5 Å². The quantitative estimate of drug-likeness (QED) is 0.584. The van der Waals surface area contributed by atoms with Crippen molar-refractivity contribution in [1.82, 2.24) is 14.8 Å². The summed E-state index contributed by atoms with van der Waals surface area (Å²) in [5.74, 6) is -0.581. The Morgan fingerprint density at radius 2 is 1.88 bits per heavy atom. The van der Waals surface area contributed by atoms with Crippen LogP contribution >= 0.6 is 0 Å². The fourth-order valence-electron chi connectivity index (χ4n) is 2.68. The Labute approximate surface area is 136 Å². The molecule has 0 unspecified atom stereocenters. The second-order valence-electron chi connectivity index (χ2n) is 5.66. The number of nitrogens with zero attached hydrogens (tertiary/aromatic N) is 3. The van der Waals surface area contributed by atoms with Crippen molar-refractivity contribution in [2.24, 2.45) is 0 Å². The van der Waals surface area contributed by atoms with Gasteiger partial charge in [-0.2, -0.15) is 4.68 Å². The van der Waals surface area contributed by atoms with Crippen LogP contribution in [0, 0.1) is 12.7 Å². The highest BCUT2D eigenvalue weighted by Gasteiger charge is 2.18. The van der Waals surface area contributed by atoms with Gasteiger partial charge in [0.15, 0.2) is 11.5 Å². The van der Waals surface area contributed by atoms with Gasteiger partial charge in [-0.25, -0.2) is 9.37 Å². The molecule has 2 aromatic carbocycles. The normalized spacial score (nSPS) is 11.2. The van der Waals surface area contributed by atoms with Crippen LogP contribution in [0.2, 0.25) is 0 Å². The van der Waals surface area contributed by atoms with Gasteiger partial charge in [-0.1, -0.05) is 12.1 Å². The molecular formula is C18H13FN4O. The summed E-state index contributed by atoms with van der Waals surface area (Å²) < 4.78 is 14.2. The molecule has 24 heavy (non-hydrogen) atoms. The predicted molar refractivity (Wildman–Crippen MR) is 90.3 cm³/mol. The van der Waals surface area contributed by atoms with Crippen molar-refractivity contribution < 1.29 is 9.18 Å². The third-order valence-electron chi connectivity index (χ3n) is 3.92. The van der Waals surface area contributed by atoms with Crippen molar-refractivity contribution in [3.63, 3.8) is 0 Å². The molecule has 0 spiro atoms. The van der Waals surface area contributed by atoms with E-state index in [4.69, 9.17) is 5.73 Å². The van der Waals surface area contributed by atoms with E-state index in [1.54, 1.807) is 0 Å². The van der Waals surface area contributed by atoms with Gasteiger partial charge in [0.1, 0.15) is 5.82 Å². The van der Waals surface area contributed by atoms with Crippen LogP contribution in [0.25, 0.3) is 21.9 Å². The van der Waals surface area contributed by atoms with Gasteiger partial charge in [-0.05, 0) is 48.9 Å². The molecule has 4 rings (SSSR count). The first-order valence-corrected chi connectivity index (χ1v) is 7.39. The molecule has 0 amide bonds. The number of halogens is 1. The molecule has 0 radical (unpaired) electrons. The molecule has 0 bridgehead atoms. The van der Waals surface area contributed by atoms with Crippen LogP contribution < -0.4 is 5.73 Å². The summed E-state index contributed by atoms with van der Waals surface area (Å²) in [5, 5.41) is 5.66. The summed E-state index contributed by atoms with van der Waals surface area (Å²) in [6.45, 7) is 1.97. The number of aromatic nitrogens is 3. The number of carbonyl (C=O) groups is 1. The molecule has 6 heteroatoms. The topological polar surface area (TPSA) is 73.8 Å². The van der Waals surface area contributed by atoms with Gasteiger partial charge in [-0.15, -0.1) is 5.10 Å². The fraction of sp³-hybridized carbons (Fsp3) is 0.0556. The molecule has 0 saturated heterocycles. The highest BCUT2D eigenvalue weighted by atomic mass is 19.1. The Bertz CT molecular complexity index is 1100. The van der Waals surface area contributed by atoms with E-state index in [9.17, 15) is 9.18 Å². The molecule has 2 aromatic heterocycles. The molecule has 0 fully saturated rings. The summed E-state index contributed by atoms with van der Waals surface area (Å²) in [5.41, 5.74) is 8.48. The minimum atomic E-state index is -0.406. The van der Waals surface area contributed by atoms with Crippen LogP contribution in [0.15, 0.2) is 48.5 Å². The van der Waals surface area contributed by atoms with E-state index in [1.807, 2.05) is 31.2 Å². The number of hydrogen-bond donors (Lipinski definition) is 1. The van der Waals surface area contributed by atoms with E-state index < -0.39 is 11.7 Å². The lowest BCUT2D eigenvalue weighted by atomic mass is 10.1. The Kier molecular flexibility index (Phi) is 3.06. The maximum Gasteiger partial charge on any atom is 0.280 e. The molecule has 0 aliphatic carbocycles. The molecule has 5 nitrogen and oxygen atoms in total. The number of anilines is 1. The summed E-state index contributed by atoms with van der Waals surface area (Å²) >= 11 is 0. The molecule has 118 valence electrons. The molecule has 2 heterocycles. The van der Waals surface area contributed by atoms with Crippen molar-refractivity contribution >= 4 is 33.7 Å². The Balaban J connectivity index is 1.94. The van der Waals surface area contributed by atoms with Gasteiger partial charge in [0.25, 0.3) is 5.91 Å². The zero-order valence-corrected chi connectivity index (χ0v) is 12.8. The van der Waals surface area contributed by atoms with Gasteiger partial charge < -0.3 is 5.73 Å². The molecule has 0 aliphatic rings. The maximum atomic E-state index is 13.1. The largest absolute Gasteiger partial charge is 0.382 e. The third-order valence-corrected chi connectivity index (χ3v) is 3.92. The van der Waals surface area contributed by atoms with Crippen molar-refractivity contribution in [3.8, 4) is 0 Å². The first-order chi connectivity index (χ1) is 11.5. The summed E-state index contributed by atoms with van der Waals surface area (Å²) in [4.78, 5) is 17.2. The Morgan fingerprint density at radius 3 is 2.62 bits per heavy atom. The highest BCUT2D eigenvalue weighted by molar-refractivity contribution is 6.04. The average Bonchev–Trinajstić information content (AvgIpc) is 2.89. The van der Waals surface area contributed by atoms with Crippen LogP contribution in [-0.4, -0.2) is 20.7 Å². The number of nitrogens with two attached hydrogens (primary N) is 1. The van der Waals surface area contributed by atoms with Crippen LogP contribution in [0.5, 0.6) is 0 Å². The monoisotopic (exact) mass is 320 g/mol. The van der Waals surface area contributed by atoms with Crippen LogP contribution in [-0.2, 0) is 0 Å². The second kappa shape index (κ2) is 5.13. The zero-order chi connectivity index (χ0) is 16.8. The van der Waals surface area contributed by atoms with Gasteiger partial charge in [-0.3, -0.25) is 4.79 Å². The van der Waals surface area contributed by atoms with Gasteiger partial charge in [0, 0.05) is 10.9 Å². The van der Waals surface area contributed by atoms with E-state index in [0.29, 0.717) is 16.6 Å². The SMILES string of the molecule is Cc1ccc2cc3c(N)nn(C(=O)c4ccc(F)cc4)c3nc2c1. The summed E-state index contributed by atoms with van der Waals surface area (Å²) in [7, 11) is 0. The van der Waals surface area contributed by atoms with Crippen molar-refractivity contribution in [2.75, 3.05) is 5.73 Å². The number of carbonyl (C=O) groups excluding carboxylic acids is 1. The third kappa shape index (κ3) is 2.20. The number of rotatable bonds is 1. The van der Waals surface area contributed by atoms with E-state index in [2.05, 4.69) is 10.1 Å².